The van der Waals surface area contributed by atoms with Crippen LogP contribution in [0.2, 0.25) is 0 Å². The van der Waals surface area contributed by atoms with Crippen molar-refractivity contribution in [3.8, 4) is 0 Å². The summed E-state index contributed by atoms with van der Waals surface area (Å²) in [6.07, 6.45) is 0. The fourth-order valence-electron chi connectivity index (χ4n) is 0.711. The van der Waals surface area contributed by atoms with E-state index in [-0.39, 0.29) is 12.1 Å². The van der Waals surface area contributed by atoms with Gasteiger partial charge in [-0.25, -0.2) is 9.18 Å². The van der Waals surface area contributed by atoms with Gasteiger partial charge in [0.05, 0.1) is 1.37 Å². The summed E-state index contributed by atoms with van der Waals surface area (Å²) in [5, 5.41) is 2.47. The van der Waals surface area contributed by atoms with Gasteiger partial charge in [-0.05, 0) is 24.2 Å². The lowest BCUT2D eigenvalue weighted by Crippen LogP contribution is -2.27. The summed E-state index contributed by atoms with van der Waals surface area (Å²) in [5.74, 6) is -0.488. The first-order valence-electron chi connectivity index (χ1n) is 4.25. The number of rotatable bonds is 1. The molecule has 0 radical (unpaired) electrons. The van der Waals surface area contributed by atoms with Gasteiger partial charge in [-0.1, -0.05) is 0 Å². The summed E-state index contributed by atoms with van der Waals surface area (Å²) in [4.78, 5) is 12.5. The van der Waals surface area contributed by atoms with Crippen molar-refractivity contribution < 1.29 is 10.6 Å². The topological polar surface area (TPSA) is 32.3 Å². The van der Waals surface area contributed by atoms with E-state index in [1.807, 2.05) is 0 Å². The summed E-state index contributed by atoms with van der Waals surface area (Å²) in [6, 6.07) is 3.22. The number of carbonyl (C=O) groups excluding carboxylic acids is 1. The monoisotopic (exact) mass is 183 g/mol. The van der Waals surface area contributed by atoms with Crippen LogP contribution in [0.25, 0.3) is 0 Å². The van der Waals surface area contributed by atoms with E-state index < -0.39 is 5.82 Å². The number of nitrogens with one attached hydrogen (secondary N) is 1. The van der Waals surface area contributed by atoms with Crippen LogP contribution in [0, 0.1) is 5.82 Å². The molecule has 1 rings (SSSR count). The number of halogens is 1. The van der Waals surface area contributed by atoms with Crippen molar-refractivity contribution in [2.45, 2.75) is 0 Å². The van der Waals surface area contributed by atoms with Crippen molar-refractivity contribution in [2.24, 2.45) is 0 Å². The Morgan fingerprint density at radius 2 is 2.23 bits per heavy atom. The van der Waals surface area contributed by atoms with Gasteiger partial charge in [0, 0.05) is 19.8 Å². The second-order valence-corrected chi connectivity index (χ2v) is 2.75. The average Bonchev–Trinajstić information content (AvgIpc) is 2.09. The Labute approximate surface area is 77.6 Å². The molecule has 0 spiro atoms. The molecule has 1 aromatic carbocycles. The molecule has 4 heteroatoms. The molecular formula is C9H11FN2O. The Morgan fingerprint density at radius 3 is 2.77 bits per heavy atom. The molecule has 3 nitrogen and oxygen atoms in total. The Bertz CT molecular complexity index is 355. The van der Waals surface area contributed by atoms with Crippen LogP contribution in [0.3, 0.4) is 0 Å². The van der Waals surface area contributed by atoms with Gasteiger partial charge in [0.2, 0.25) is 0 Å². The Morgan fingerprint density at radius 1 is 1.54 bits per heavy atom. The van der Waals surface area contributed by atoms with E-state index >= 15 is 0 Å². The molecule has 13 heavy (non-hydrogen) atoms. The second kappa shape index (κ2) is 3.89. The quantitative estimate of drug-likeness (QED) is 0.708. The van der Waals surface area contributed by atoms with Crippen molar-refractivity contribution in [2.75, 3.05) is 19.4 Å². The van der Waals surface area contributed by atoms with Gasteiger partial charge in [0.15, 0.2) is 0 Å². The zero-order valence-electron chi connectivity index (χ0n) is 8.47. The number of anilines is 1. The minimum absolute atomic E-state index is 0.0415. The Kier molecular flexibility index (Phi) is 2.40. The van der Waals surface area contributed by atoms with Crippen LogP contribution in [0.4, 0.5) is 14.9 Å². The molecule has 70 valence electrons. The standard InChI is InChI=1S/C9H11FN2O/c1-12(2)9(13)11-8-5-3-7(10)4-6-8/h3-6H,1-2H3,(H,11,13)/i5D. The molecule has 0 heterocycles. The van der Waals surface area contributed by atoms with Crippen LogP contribution in [0.15, 0.2) is 24.2 Å². The van der Waals surface area contributed by atoms with Crippen molar-refractivity contribution in [3.05, 3.63) is 30.1 Å². The molecule has 1 N–H and O–H groups in total. The molecule has 0 saturated heterocycles. The maximum atomic E-state index is 12.6. The summed E-state index contributed by atoms with van der Waals surface area (Å²) in [7, 11) is 3.17. The molecule has 0 aliphatic heterocycles. The van der Waals surface area contributed by atoms with Gasteiger partial charge < -0.3 is 10.2 Å². The van der Waals surface area contributed by atoms with E-state index in [0.717, 1.165) is 6.07 Å². The highest BCUT2D eigenvalue weighted by Crippen LogP contribution is 2.08. The molecule has 0 unspecified atom stereocenters. The van der Waals surface area contributed by atoms with E-state index in [4.69, 9.17) is 1.37 Å². The molecule has 0 aliphatic carbocycles. The lowest BCUT2D eigenvalue weighted by atomic mass is 10.3. The molecular weight excluding hydrogens is 171 g/mol. The first kappa shape index (κ1) is 8.04. The van der Waals surface area contributed by atoms with Crippen LogP contribution in [-0.2, 0) is 0 Å². The number of hydrogen-bond acceptors (Lipinski definition) is 1. The van der Waals surface area contributed by atoms with E-state index in [9.17, 15) is 9.18 Å². The number of amides is 2. The Balaban J connectivity index is 2.82. The number of benzene rings is 1. The SMILES string of the molecule is [2H]c1cc(F)ccc1NC(=O)N(C)C. The normalized spacial score (nSPS) is 10.5. The maximum Gasteiger partial charge on any atom is 0.321 e. The predicted octanol–water partition coefficient (Wildman–Crippen LogP) is 1.92. The zero-order valence-corrected chi connectivity index (χ0v) is 7.47. The predicted molar refractivity (Wildman–Crippen MR) is 49.1 cm³/mol. The number of hydrogen-bond donors (Lipinski definition) is 1. The number of carbonyl (C=O) groups is 1. The second-order valence-electron chi connectivity index (χ2n) is 2.75. The largest absolute Gasteiger partial charge is 0.331 e. The number of nitrogens with zero attached hydrogens (tertiary/aromatic N) is 1. The van der Waals surface area contributed by atoms with Gasteiger partial charge in [-0.2, -0.15) is 0 Å². The lowest BCUT2D eigenvalue weighted by Gasteiger charge is -2.11. The van der Waals surface area contributed by atoms with Crippen LogP contribution < -0.4 is 5.32 Å². The lowest BCUT2D eigenvalue weighted by molar-refractivity contribution is 0.230. The zero-order chi connectivity index (χ0) is 10.7. The molecule has 0 aromatic heterocycles. The van der Waals surface area contributed by atoms with Crippen molar-refractivity contribution in [1.29, 1.82) is 0 Å². The van der Waals surface area contributed by atoms with Crippen molar-refractivity contribution in [3.63, 3.8) is 0 Å². The van der Waals surface area contributed by atoms with Gasteiger partial charge in [0.25, 0.3) is 0 Å². The molecule has 2 amide bonds. The van der Waals surface area contributed by atoms with Gasteiger partial charge in [-0.3, -0.25) is 0 Å². The maximum absolute atomic E-state index is 12.6. The van der Waals surface area contributed by atoms with Crippen LogP contribution in [-0.4, -0.2) is 25.0 Å². The van der Waals surface area contributed by atoms with Crippen molar-refractivity contribution >= 4 is 11.7 Å². The van der Waals surface area contributed by atoms with Crippen LogP contribution in [0.1, 0.15) is 1.37 Å². The minimum Gasteiger partial charge on any atom is -0.331 e. The van der Waals surface area contributed by atoms with Gasteiger partial charge in [0.1, 0.15) is 5.82 Å². The van der Waals surface area contributed by atoms with E-state index in [2.05, 4.69) is 5.32 Å². The summed E-state index contributed by atoms with van der Waals surface area (Å²) < 4.78 is 20.0. The first-order chi connectivity index (χ1) is 6.50. The highest BCUT2D eigenvalue weighted by atomic mass is 19.1. The molecule has 0 saturated carbocycles. The highest BCUT2D eigenvalue weighted by molar-refractivity contribution is 5.88. The molecule has 0 atom stereocenters. The highest BCUT2D eigenvalue weighted by Gasteiger charge is 2.02. The summed E-state index contributed by atoms with van der Waals surface area (Å²) in [5.41, 5.74) is 0.296. The minimum atomic E-state index is -0.488. The van der Waals surface area contributed by atoms with E-state index in [1.54, 1.807) is 14.1 Å². The fourth-order valence-corrected chi connectivity index (χ4v) is 0.711. The smallest absolute Gasteiger partial charge is 0.321 e. The van der Waals surface area contributed by atoms with Gasteiger partial charge in [-0.15, -0.1) is 0 Å². The van der Waals surface area contributed by atoms with E-state index in [0.29, 0.717) is 5.69 Å². The van der Waals surface area contributed by atoms with Gasteiger partial charge >= 0.3 is 6.03 Å². The first-order valence-corrected chi connectivity index (χ1v) is 3.75. The van der Waals surface area contributed by atoms with E-state index in [1.165, 1.54) is 17.0 Å². The number of urea groups is 1. The molecule has 0 fully saturated rings. The third-order valence-electron chi connectivity index (χ3n) is 1.42. The van der Waals surface area contributed by atoms with Crippen LogP contribution >= 0.6 is 0 Å². The Hall–Kier alpha value is -1.58. The summed E-state index contributed by atoms with van der Waals surface area (Å²) in [6.45, 7) is 0. The molecule has 1 aromatic rings. The van der Waals surface area contributed by atoms with Crippen LogP contribution in [0.5, 0.6) is 0 Å². The fraction of sp³-hybridized carbons (Fsp3) is 0.222. The average molecular weight is 183 g/mol. The molecule has 0 bridgehead atoms. The third-order valence-corrected chi connectivity index (χ3v) is 1.42. The third kappa shape index (κ3) is 2.74. The van der Waals surface area contributed by atoms with Crippen molar-refractivity contribution in [1.82, 2.24) is 4.90 Å². The molecule has 0 aliphatic rings. The summed E-state index contributed by atoms with van der Waals surface area (Å²) >= 11 is 0.